The van der Waals surface area contributed by atoms with Crippen LogP contribution in [0.2, 0.25) is 0 Å². The fraction of sp³-hybridized carbons (Fsp3) is 0.947. The Kier molecular flexibility index (Phi) is 30.7. The van der Waals surface area contributed by atoms with Gasteiger partial charge in [0.2, 0.25) is 0 Å². The van der Waals surface area contributed by atoms with Crippen molar-refractivity contribution in [3.05, 3.63) is 0 Å². The third kappa shape index (κ3) is 22.9. The lowest BCUT2D eigenvalue weighted by atomic mass is 9.93. The third-order valence-corrected chi connectivity index (χ3v) is 12.2. The topological polar surface area (TPSA) is 567 Å². The van der Waals surface area contributed by atoms with Crippen molar-refractivity contribution in [1.29, 1.82) is 0 Å². The predicted molar refractivity (Wildman–Crippen MR) is 208 cm³/mol. The van der Waals surface area contributed by atoms with E-state index < -0.39 is 155 Å². The van der Waals surface area contributed by atoms with Crippen molar-refractivity contribution in [2.45, 2.75) is 98.7 Å². The van der Waals surface area contributed by atoms with Crippen molar-refractivity contribution in [3.63, 3.8) is 0 Å². The summed E-state index contributed by atoms with van der Waals surface area (Å²) in [4.78, 5) is 13.2. The van der Waals surface area contributed by atoms with Gasteiger partial charge < -0.3 is 28.8 Å². The Morgan fingerprint density at radius 2 is 0.930 bits per heavy atom. The normalized spacial score (nSPS) is 32.0. The Bertz CT molecular complexity index is 1850. The Balaban J connectivity index is 2.28. The Labute approximate surface area is 420 Å². The quantitative estimate of drug-likeness (QED) is 0.00821. The van der Waals surface area contributed by atoms with Crippen LogP contribution in [-0.4, -0.2) is 187 Å². The smallest absolute Gasteiger partial charge is 0.397 e. The van der Waals surface area contributed by atoms with Crippen LogP contribution in [-0.2, 0) is 145 Å². The maximum atomic E-state index is 13.2. The Morgan fingerprint density at radius 1 is 0.507 bits per heavy atom. The molecule has 3 aliphatic heterocycles. The van der Waals surface area contributed by atoms with Crippen LogP contribution in [0.4, 0.5) is 0 Å². The molecule has 0 amide bonds. The summed E-state index contributed by atoms with van der Waals surface area (Å²) >= 11 is -1.16. The summed E-state index contributed by atoms with van der Waals surface area (Å²) < 4.78 is 195. The number of carboxylic acids is 1. The van der Waals surface area contributed by atoms with Crippen LogP contribution in [0.3, 0.4) is 0 Å². The second kappa shape index (κ2) is 33.3. The van der Waals surface area contributed by atoms with E-state index in [2.05, 4.69) is 74.0 Å². The highest BCUT2D eigenvalue weighted by Crippen LogP contribution is 2.40. The van der Waals surface area contributed by atoms with E-state index >= 15 is 0 Å². The molecule has 0 aromatic carbocycles. The van der Waals surface area contributed by atoms with Gasteiger partial charge in [0.15, 0.2) is 74.1 Å². The summed E-state index contributed by atoms with van der Waals surface area (Å²) in [6.45, 7) is -1.34. The molecule has 0 radical (unpaired) electrons. The first-order chi connectivity index (χ1) is 33.6. The van der Waals surface area contributed by atoms with Gasteiger partial charge in [-0.25, -0.2) is 58.3 Å². The molecular weight excluding hydrogens is 1200 g/mol. The molecule has 3 aliphatic rings. The van der Waals surface area contributed by atoms with Crippen molar-refractivity contribution < 1.29 is 190 Å². The number of carbonyl (C=O) groups is 1. The molecule has 52 heteroatoms. The van der Waals surface area contributed by atoms with E-state index in [0.29, 0.717) is 0 Å². The van der Waals surface area contributed by atoms with Crippen LogP contribution < -0.4 is 9.44 Å². The summed E-state index contributed by atoms with van der Waals surface area (Å²) in [5, 5.41) is 83.9. The highest BCUT2D eigenvalue weighted by molar-refractivity contribution is 7.93. The molecule has 0 saturated carbocycles. The first-order valence-electron chi connectivity index (χ1n) is 17.0. The lowest BCUT2D eigenvalue weighted by Crippen LogP contribution is -2.69. The molecule has 3 heterocycles. The molecule has 43 nitrogen and oxygen atoms in total. The molecule has 0 aromatic heterocycles. The van der Waals surface area contributed by atoms with E-state index in [4.69, 9.17) is 76.1 Å². The van der Waals surface area contributed by atoms with Gasteiger partial charge in [-0.3, -0.25) is 30.4 Å². The minimum atomic E-state index is -5.90. The molecule has 15 atom stereocenters. The highest BCUT2D eigenvalue weighted by Gasteiger charge is 2.59. The van der Waals surface area contributed by atoms with Crippen molar-refractivity contribution in [2.75, 3.05) is 13.2 Å². The fourth-order valence-electron chi connectivity index (χ4n) is 5.92. The zero-order valence-electron chi connectivity index (χ0n) is 33.4. The van der Waals surface area contributed by atoms with Gasteiger partial charge in [-0.05, 0) is 6.92 Å². The van der Waals surface area contributed by atoms with Crippen LogP contribution in [0.1, 0.15) is 6.92 Å². The van der Waals surface area contributed by atoms with Gasteiger partial charge in [0.05, 0.1) is 25.4 Å². The molecule has 0 spiro atoms. The number of ether oxygens (including phenoxy) is 5. The molecule has 3 saturated heterocycles. The minimum Gasteiger partial charge on any atom is -0.479 e. The van der Waals surface area contributed by atoms with Gasteiger partial charge in [0.25, 0.3) is 0 Å². The van der Waals surface area contributed by atoms with E-state index in [1.807, 2.05) is 0 Å². The number of aliphatic carboxylic acids is 1. The van der Waals surface area contributed by atoms with E-state index in [9.17, 15) is 48.8 Å². The van der Waals surface area contributed by atoms with Crippen molar-refractivity contribution in [1.82, 2.24) is 9.44 Å². The Morgan fingerprint density at radius 3 is 1.38 bits per heavy atom. The number of hydrogen-bond donors (Lipinski definition) is 12. The zero-order valence-corrected chi connectivity index (χ0v) is 40.7. The highest BCUT2D eigenvalue weighted by atomic mass is 32.3. The van der Waals surface area contributed by atoms with Crippen LogP contribution in [0.5, 0.6) is 0 Å². The molecule has 12 N–H and O–H groups in total. The Hall–Kier alpha value is 0.0200. The van der Waals surface area contributed by atoms with E-state index in [1.54, 1.807) is 0 Å². The monoisotopic (exact) mass is 1230 g/mol. The first kappa shape index (κ1) is 65.3. The average Bonchev–Trinajstić information content (AvgIpc) is 3.28. The number of hydrogen-bond acceptors (Lipinski definition) is 45. The predicted octanol–water partition coefficient (Wildman–Crippen LogP) is -1.73. The second-order valence-electron chi connectivity index (χ2n) is 12.1. The molecule has 0 aliphatic carbocycles. The van der Waals surface area contributed by atoms with Crippen LogP contribution >= 0.6 is 73.8 Å². The van der Waals surface area contributed by atoms with Gasteiger partial charge in [-0.2, -0.15) is 25.3 Å². The average molecular weight is 1240 g/mol. The van der Waals surface area contributed by atoms with Crippen molar-refractivity contribution in [2.24, 2.45) is 0 Å². The lowest BCUT2D eigenvalue weighted by molar-refractivity contribution is -0.436. The van der Waals surface area contributed by atoms with Crippen molar-refractivity contribution in [3.8, 4) is 0 Å². The summed E-state index contributed by atoms with van der Waals surface area (Å²) in [6, 6.07) is -3.40. The summed E-state index contributed by atoms with van der Waals surface area (Å²) in [7, 11) is -16.6. The lowest BCUT2D eigenvalue weighted by Gasteiger charge is -2.49. The van der Waals surface area contributed by atoms with E-state index in [-0.39, 0.29) is 61.4 Å². The summed E-state index contributed by atoms with van der Waals surface area (Å²) in [5.74, 6) is -2.14. The SMILES string of the molecule is C[C@H]1OC(COS(=O)(=O)O)[C@@H](O[C@@H]2OC(C(=O)O)[C@@H](O[C@H]3OC(COS(=O)(=O)O)[C@@H](OSOOO)[C@@H](OSOOO)C3NSOOO)[C@@H](OSOOO)C2OS(=O)(=O)O)[C@@H](OSOOO)C1NSOOO. The summed E-state index contributed by atoms with van der Waals surface area (Å²) in [5.41, 5.74) is 0. The molecular formula is C19H34N2O41S9. The second-order valence-corrected chi connectivity index (χ2v) is 18.3. The van der Waals surface area contributed by atoms with E-state index in [0.717, 1.165) is 0 Å². The number of rotatable bonds is 37. The molecule has 71 heavy (non-hydrogen) atoms. The first-order valence-corrected chi connectivity index (χ1v) is 25.3. The maximum Gasteiger partial charge on any atom is 0.397 e. The fourth-order valence-corrected chi connectivity index (χ4v) is 9.45. The molecule has 6 unspecified atom stereocenters. The molecule has 3 fully saturated rings. The third-order valence-electron chi connectivity index (χ3n) is 8.23. The van der Waals surface area contributed by atoms with E-state index in [1.165, 1.54) is 6.92 Å². The maximum absolute atomic E-state index is 13.2. The van der Waals surface area contributed by atoms with Gasteiger partial charge in [-0.15, -0.1) is 26.0 Å². The van der Waals surface area contributed by atoms with Gasteiger partial charge >= 0.3 is 37.2 Å². The van der Waals surface area contributed by atoms with Gasteiger partial charge in [0, 0.05) is 0 Å². The molecule has 0 aromatic rings. The molecule has 0 bridgehead atoms. The van der Waals surface area contributed by atoms with Crippen LogP contribution in [0.25, 0.3) is 0 Å². The van der Waals surface area contributed by atoms with Crippen LogP contribution in [0, 0.1) is 0 Å². The zero-order chi connectivity index (χ0) is 52.8. The largest absolute Gasteiger partial charge is 0.479 e. The van der Waals surface area contributed by atoms with Crippen molar-refractivity contribution >= 4 is 111 Å². The molecule has 420 valence electrons. The van der Waals surface area contributed by atoms with Gasteiger partial charge in [-0.1, -0.05) is 30.2 Å². The van der Waals surface area contributed by atoms with Crippen LogP contribution in [0.15, 0.2) is 0 Å². The standard InChI is InChI=1S/C19H34N2O41S9/c1-4-7(20-63-57-51-24)11(47-66-60-54-27)9(5(41-4)2-39-69(30,31)32)43-19-16(50-71(36,37)38)14(49-68-62-56-29)13(15(45-19)17(22)23)44-18-8(21-64-58-52-25)12(48-67-61-55-28)10(46-65-59-53-26)6(42-18)3-40-70(33,34)35/h4-16,18-21,24-29H,2-3H2,1H3,(H,22,23)(H,30,31,32)(H,33,34,35)(H,36,37,38)/t4-,5?,6?,7?,8?,9-,10-,11+,12+,13+,14-,15?,16?,18-,19-/m1/s1. The number of carboxylic acid groups (broad SMARTS) is 1. The van der Waals surface area contributed by atoms with Gasteiger partial charge in [0.1, 0.15) is 79.3 Å². The molecule has 3 rings (SSSR count). The minimum absolute atomic E-state index is 0.0862. The number of nitrogens with one attached hydrogen (secondary N) is 2. The summed E-state index contributed by atoms with van der Waals surface area (Å²) in [6.07, 6.45) is -28.8.